The average Bonchev–Trinajstić information content (AvgIpc) is 3.51. The van der Waals surface area contributed by atoms with E-state index < -0.39 is 12.0 Å². The van der Waals surface area contributed by atoms with Crippen molar-refractivity contribution < 1.29 is 13.9 Å². The summed E-state index contributed by atoms with van der Waals surface area (Å²) < 4.78 is 32.7. The minimum atomic E-state index is -0.799. The van der Waals surface area contributed by atoms with Gasteiger partial charge in [0.1, 0.15) is 23.5 Å². The maximum atomic E-state index is 15.2. The molecule has 0 saturated heterocycles. The van der Waals surface area contributed by atoms with Gasteiger partial charge >= 0.3 is 0 Å². The third kappa shape index (κ3) is 5.98. The smallest absolute Gasteiger partial charge is 0.165 e. The van der Waals surface area contributed by atoms with Gasteiger partial charge in [-0.1, -0.05) is 15.9 Å². The fraction of sp³-hybridized carbons (Fsp3) is 0.462. The molecule has 3 aromatic heterocycles. The molecule has 4 rings (SSSR count). The minimum absolute atomic E-state index is 0.0649. The Hall–Kier alpha value is -2.92. The number of aromatic nitrogens is 5. The normalized spacial score (nSPS) is 20.1. The summed E-state index contributed by atoms with van der Waals surface area (Å²) in [5.74, 6) is 0.671. The van der Waals surface area contributed by atoms with Crippen molar-refractivity contribution >= 4 is 33.3 Å². The minimum Gasteiger partial charge on any atom is -0.394 e. The molecule has 37 heavy (non-hydrogen) atoms. The second kappa shape index (κ2) is 11.6. The van der Waals surface area contributed by atoms with Crippen LogP contribution >= 0.6 is 15.9 Å². The summed E-state index contributed by atoms with van der Waals surface area (Å²) in [6, 6.07) is 1.40. The van der Waals surface area contributed by atoms with E-state index in [4.69, 9.17) is 15.8 Å². The molecule has 3 heterocycles. The Kier molecular flexibility index (Phi) is 8.53. The largest absolute Gasteiger partial charge is 0.394 e. The summed E-state index contributed by atoms with van der Waals surface area (Å²) in [7, 11) is 0. The molecule has 3 N–H and O–H groups in total. The highest BCUT2D eigenvalue weighted by atomic mass is 79.9. The van der Waals surface area contributed by atoms with Crippen molar-refractivity contribution in [1.82, 2.24) is 24.5 Å². The van der Waals surface area contributed by atoms with Crippen LogP contribution in [0.3, 0.4) is 0 Å². The number of aliphatic imine (C=N–C) groups is 1. The van der Waals surface area contributed by atoms with Crippen LogP contribution in [0.5, 0.6) is 0 Å². The number of halogens is 3. The van der Waals surface area contributed by atoms with Gasteiger partial charge in [0.15, 0.2) is 5.82 Å². The molecule has 11 heteroatoms. The standard InChI is InChI=1S/C26H32BrF2N7O/c1-15(27)25(30)36-26(34-17(3)19-6-4-18(5-7-19)16(2)28)22(13-33-36)20-10-23(29)24(31-11-20)21-12-32-35(14-21)8-9-37/h10-14,16,18-19,37H,4-9,30H2,1-3H3/b25-15+,34-17+. The summed E-state index contributed by atoms with van der Waals surface area (Å²) in [4.78, 5) is 9.29. The monoisotopic (exact) mass is 575 g/mol. The van der Waals surface area contributed by atoms with Gasteiger partial charge < -0.3 is 10.8 Å². The van der Waals surface area contributed by atoms with E-state index in [0.717, 1.165) is 31.4 Å². The number of aliphatic hydroxyl groups excluding tert-OH is 1. The molecule has 1 aliphatic carbocycles. The number of rotatable bonds is 8. The Morgan fingerprint density at radius 3 is 2.54 bits per heavy atom. The van der Waals surface area contributed by atoms with Gasteiger partial charge in [0.05, 0.1) is 25.5 Å². The van der Waals surface area contributed by atoms with Crippen molar-refractivity contribution in [2.75, 3.05) is 6.61 Å². The van der Waals surface area contributed by atoms with Crippen LogP contribution in [0.15, 0.2) is 40.3 Å². The molecule has 1 saturated carbocycles. The highest BCUT2D eigenvalue weighted by Gasteiger charge is 2.27. The first-order valence-electron chi connectivity index (χ1n) is 12.4. The van der Waals surface area contributed by atoms with Crippen LogP contribution in [0.1, 0.15) is 46.5 Å². The molecule has 0 amide bonds. The first kappa shape index (κ1) is 27.1. The van der Waals surface area contributed by atoms with Crippen LogP contribution in [-0.4, -0.2) is 48.1 Å². The van der Waals surface area contributed by atoms with E-state index in [2.05, 4.69) is 31.1 Å². The zero-order valence-corrected chi connectivity index (χ0v) is 22.8. The van der Waals surface area contributed by atoms with Crippen LogP contribution in [0.4, 0.5) is 14.6 Å². The van der Waals surface area contributed by atoms with E-state index in [9.17, 15) is 4.39 Å². The molecule has 8 nitrogen and oxygen atoms in total. The number of alkyl halides is 1. The highest BCUT2D eigenvalue weighted by molar-refractivity contribution is 9.11. The predicted molar refractivity (Wildman–Crippen MR) is 145 cm³/mol. The molecule has 1 fully saturated rings. The van der Waals surface area contributed by atoms with Crippen molar-refractivity contribution in [3.63, 3.8) is 0 Å². The highest BCUT2D eigenvalue weighted by Crippen LogP contribution is 2.37. The first-order chi connectivity index (χ1) is 17.7. The third-order valence-corrected chi connectivity index (χ3v) is 7.41. The van der Waals surface area contributed by atoms with Gasteiger partial charge in [0.2, 0.25) is 0 Å². The maximum absolute atomic E-state index is 15.2. The Labute approximate surface area is 223 Å². The lowest BCUT2D eigenvalue weighted by Crippen LogP contribution is -2.24. The number of allylic oxidation sites excluding steroid dienone is 1. The van der Waals surface area contributed by atoms with E-state index >= 15 is 4.39 Å². The molecular formula is C26H32BrF2N7O. The molecule has 0 bridgehead atoms. The summed E-state index contributed by atoms with van der Waals surface area (Å²) >= 11 is 3.41. The van der Waals surface area contributed by atoms with E-state index in [0.29, 0.717) is 39.4 Å². The van der Waals surface area contributed by atoms with E-state index in [1.54, 1.807) is 25.5 Å². The molecule has 1 aliphatic rings. The molecule has 0 spiro atoms. The van der Waals surface area contributed by atoms with Crippen molar-refractivity contribution in [2.45, 2.75) is 59.2 Å². The Bertz CT molecular complexity index is 1300. The first-order valence-corrected chi connectivity index (χ1v) is 13.2. The fourth-order valence-electron chi connectivity index (χ4n) is 4.74. The van der Waals surface area contributed by atoms with Gasteiger partial charge in [-0.05, 0) is 64.4 Å². The lowest BCUT2D eigenvalue weighted by atomic mass is 9.78. The fourth-order valence-corrected chi connectivity index (χ4v) is 4.91. The van der Waals surface area contributed by atoms with E-state index in [1.807, 2.05) is 13.8 Å². The third-order valence-electron chi connectivity index (χ3n) is 7.01. The lowest BCUT2D eigenvalue weighted by molar-refractivity contribution is 0.186. The van der Waals surface area contributed by atoms with Gasteiger partial charge in [0, 0.05) is 39.3 Å². The van der Waals surface area contributed by atoms with Crippen molar-refractivity contribution in [3.05, 3.63) is 41.2 Å². The van der Waals surface area contributed by atoms with Crippen LogP contribution < -0.4 is 5.73 Å². The quantitative estimate of drug-likeness (QED) is 0.335. The molecule has 1 atom stereocenters. The topological polar surface area (TPSA) is 107 Å². The molecule has 3 aromatic rings. The van der Waals surface area contributed by atoms with Gasteiger partial charge in [-0.25, -0.2) is 13.8 Å². The Morgan fingerprint density at radius 1 is 1.19 bits per heavy atom. The molecule has 1 unspecified atom stereocenters. The Balaban J connectivity index is 1.70. The summed E-state index contributed by atoms with van der Waals surface area (Å²) in [5.41, 5.74) is 8.99. The SMILES string of the molecule is C/C(=N\c1c(-c2cnc(-c3cnn(CCO)c3)c(F)c2)cnn1/C(N)=C(\C)Br)C1CCC(C(C)F)CC1. The lowest BCUT2D eigenvalue weighted by Gasteiger charge is -2.29. The zero-order chi connectivity index (χ0) is 26.7. The van der Waals surface area contributed by atoms with Crippen LogP contribution in [0.25, 0.3) is 28.2 Å². The van der Waals surface area contributed by atoms with Crippen molar-refractivity contribution in [1.29, 1.82) is 0 Å². The van der Waals surface area contributed by atoms with Gasteiger partial charge in [-0.3, -0.25) is 9.67 Å². The van der Waals surface area contributed by atoms with Crippen LogP contribution in [0, 0.1) is 17.7 Å². The molecule has 0 radical (unpaired) electrons. The van der Waals surface area contributed by atoms with Gasteiger partial charge in [-0.2, -0.15) is 14.9 Å². The number of pyridine rings is 1. The number of hydrogen-bond acceptors (Lipinski definition) is 6. The molecular weight excluding hydrogens is 544 g/mol. The van der Waals surface area contributed by atoms with Crippen LogP contribution in [-0.2, 0) is 6.54 Å². The second-order valence-electron chi connectivity index (χ2n) is 9.52. The number of aliphatic hydroxyl groups is 1. The average molecular weight is 576 g/mol. The van der Waals surface area contributed by atoms with Crippen molar-refractivity contribution in [2.24, 2.45) is 22.6 Å². The molecule has 198 valence electrons. The van der Waals surface area contributed by atoms with E-state index in [1.165, 1.54) is 21.6 Å². The predicted octanol–water partition coefficient (Wildman–Crippen LogP) is 5.70. The Morgan fingerprint density at radius 2 is 1.92 bits per heavy atom. The molecule has 0 aromatic carbocycles. The maximum Gasteiger partial charge on any atom is 0.165 e. The molecule has 0 aliphatic heterocycles. The van der Waals surface area contributed by atoms with E-state index in [-0.39, 0.29) is 24.1 Å². The number of nitrogens with two attached hydrogens (primary N) is 1. The summed E-state index contributed by atoms with van der Waals surface area (Å²) in [6.45, 7) is 5.66. The van der Waals surface area contributed by atoms with Crippen LogP contribution in [0.2, 0.25) is 0 Å². The van der Waals surface area contributed by atoms with Gasteiger partial charge in [0.25, 0.3) is 0 Å². The van der Waals surface area contributed by atoms with Crippen molar-refractivity contribution in [3.8, 4) is 22.4 Å². The zero-order valence-electron chi connectivity index (χ0n) is 21.2. The second-order valence-corrected chi connectivity index (χ2v) is 10.7. The summed E-state index contributed by atoms with van der Waals surface area (Å²) in [6.07, 6.45) is 8.93. The number of nitrogens with zero attached hydrogens (tertiary/aromatic N) is 6. The van der Waals surface area contributed by atoms with Gasteiger partial charge in [-0.15, -0.1) is 0 Å². The number of hydrogen-bond donors (Lipinski definition) is 2. The summed E-state index contributed by atoms with van der Waals surface area (Å²) in [5, 5.41) is 17.7.